The van der Waals surface area contributed by atoms with Crippen molar-refractivity contribution < 1.29 is 32.2 Å². The van der Waals surface area contributed by atoms with Crippen molar-refractivity contribution in [1.29, 1.82) is 0 Å². The molecule has 1 rings (SSSR count). The van der Waals surface area contributed by atoms with E-state index in [0.29, 0.717) is 6.42 Å². The fraction of sp³-hybridized carbons (Fsp3) is 0.875. The van der Waals surface area contributed by atoms with Crippen molar-refractivity contribution in [3.8, 4) is 0 Å². The molecule has 0 bridgehead atoms. The zero-order valence-electron chi connectivity index (χ0n) is 13.7. The van der Waals surface area contributed by atoms with Crippen LogP contribution in [0.25, 0.3) is 0 Å². The van der Waals surface area contributed by atoms with Crippen molar-refractivity contribution in [3.05, 3.63) is 0 Å². The van der Waals surface area contributed by atoms with Crippen LogP contribution in [0.3, 0.4) is 0 Å². The molecule has 134 valence electrons. The van der Waals surface area contributed by atoms with E-state index in [2.05, 4.69) is 0 Å². The molecule has 0 aromatic rings. The molecule has 23 heavy (non-hydrogen) atoms. The van der Waals surface area contributed by atoms with Crippen LogP contribution < -0.4 is 0 Å². The van der Waals surface area contributed by atoms with Crippen LogP contribution in [0.1, 0.15) is 58.8 Å². The fourth-order valence-corrected chi connectivity index (χ4v) is 2.43. The Morgan fingerprint density at radius 2 is 1.70 bits per heavy atom. The van der Waals surface area contributed by atoms with E-state index in [4.69, 9.17) is 9.47 Å². The normalized spacial score (nSPS) is 19.0. The van der Waals surface area contributed by atoms with Gasteiger partial charge in [0.1, 0.15) is 6.61 Å². The van der Waals surface area contributed by atoms with Gasteiger partial charge in [-0.05, 0) is 26.2 Å². The highest BCUT2D eigenvalue weighted by atomic mass is 19.4. The zero-order valence-corrected chi connectivity index (χ0v) is 13.7. The molecule has 0 N–H and O–H groups in total. The van der Waals surface area contributed by atoms with Crippen LogP contribution in [0.4, 0.5) is 13.2 Å². The first kappa shape index (κ1) is 19.8. The van der Waals surface area contributed by atoms with Gasteiger partial charge in [-0.15, -0.1) is 0 Å². The van der Waals surface area contributed by atoms with Crippen molar-refractivity contribution in [2.75, 3.05) is 13.2 Å². The highest BCUT2D eigenvalue weighted by Gasteiger charge is 2.37. The number of rotatable bonds is 7. The first-order valence-electron chi connectivity index (χ1n) is 8.08. The molecule has 1 aliphatic carbocycles. The molecule has 0 amide bonds. The molecule has 4 nitrogen and oxygen atoms in total. The Kier molecular flexibility index (Phi) is 7.35. The van der Waals surface area contributed by atoms with Crippen molar-refractivity contribution in [3.63, 3.8) is 0 Å². The summed E-state index contributed by atoms with van der Waals surface area (Å²) < 4.78 is 46.2. The molecule has 1 atom stereocenters. The van der Waals surface area contributed by atoms with Gasteiger partial charge in [0.15, 0.2) is 0 Å². The van der Waals surface area contributed by atoms with E-state index in [1.165, 1.54) is 6.92 Å². The summed E-state index contributed by atoms with van der Waals surface area (Å²) >= 11 is 0. The Balaban J connectivity index is 2.45. The molecule has 0 spiro atoms. The van der Waals surface area contributed by atoms with E-state index in [1.54, 1.807) is 6.92 Å². The summed E-state index contributed by atoms with van der Waals surface area (Å²) in [6, 6.07) is 0. The lowest BCUT2D eigenvalue weighted by Gasteiger charge is -2.27. The maximum absolute atomic E-state index is 12.1. The third kappa shape index (κ3) is 6.79. The minimum Gasteiger partial charge on any atom is -0.465 e. The minimum absolute atomic E-state index is 0.133. The van der Waals surface area contributed by atoms with Crippen LogP contribution in [-0.2, 0) is 19.1 Å². The predicted molar refractivity (Wildman–Crippen MR) is 77.6 cm³/mol. The number of ether oxygens (including phenoxy) is 2. The van der Waals surface area contributed by atoms with Crippen LogP contribution in [0.2, 0.25) is 0 Å². The molecule has 0 radical (unpaired) electrons. The topological polar surface area (TPSA) is 52.6 Å². The molecular weight excluding hydrogens is 313 g/mol. The summed E-state index contributed by atoms with van der Waals surface area (Å²) in [7, 11) is 0. The monoisotopic (exact) mass is 338 g/mol. The minimum atomic E-state index is -4.36. The average molecular weight is 338 g/mol. The lowest BCUT2D eigenvalue weighted by molar-refractivity contribution is -0.172. The summed E-state index contributed by atoms with van der Waals surface area (Å²) in [5.74, 6) is -1.22. The molecular formula is C16H25F3O4. The second-order valence-electron chi connectivity index (χ2n) is 6.36. The van der Waals surface area contributed by atoms with E-state index < -0.39 is 30.6 Å². The number of hydrogen-bond acceptors (Lipinski definition) is 4. The van der Waals surface area contributed by atoms with Crippen molar-refractivity contribution in [1.82, 2.24) is 0 Å². The van der Waals surface area contributed by atoms with E-state index >= 15 is 0 Å². The second-order valence-corrected chi connectivity index (χ2v) is 6.36. The Bertz CT molecular complexity index is 403. The van der Waals surface area contributed by atoms with Crippen molar-refractivity contribution >= 4 is 11.9 Å². The van der Waals surface area contributed by atoms with Crippen LogP contribution in [0.15, 0.2) is 0 Å². The molecule has 1 saturated carbocycles. The lowest BCUT2D eigenvalue weighted by Crippen LogP contribution is -2.36. The van der Waals surface area contributed by atoms with E-state index in [9.17, 15) is 22.8 Å². The van der Waals surface area contributed by atoms with Gasteiger partial charge >= 0.3 is 18.1 Å². The molecule has 1 aliphatic rings. The Labute approximate surface area is 134 Å². The molecule has 1 fully saturated rings. The van der Waals surface area contributed by atoms with E-state index in [1.807, 2.05) is 0 Å². The molecule has 0 aromatic heterocycles. The standard InChI is InChI=1S/C16H25F3O4/c1-3-15(2,14(21)22-10-9-16(17,18)19)11-23-13(20)12-7-5-4-6-8-12/h12H,3-11H2,1-2H3. The SMILES string of the molecule is CCC(C)(COC(=O)C1CCCCC1)C(=O)OCCC(F)(F)F. The maximum atomic E-state index is 12.1. The number of carbonyl (C=O) groups is 2. The smallest absolute Gasteiger partial charge is 0.392 e. The number of alkyl halides is 3. The van der Waals surface area contributed by atoms with Crippen LogP contribution in [0.5, 0.6) is 0 Å². The predicted octanol–water partition coefficient (Wildman–Crippen LogP) is 4.02. The van der Waals surface area contributed by atoms with Gasteiger partial charge in [-0.1, -0.05) is 26.2 Å². The van der Waals surface area contributed by atoms with Gasteiger partial charge in [-0.2, -0.15) is 13.2 Å². The van der Waals surface area contributed by atoms with Crippen LogP contribution in [0, 0.1) is 11.3 Å². The lowest BCUT2D eigenvalue weighted by atomic mass is 9.87. The molecule has 0 heterocycles. The average Bonchev–Trinajstić information content (AvgIpc) is 2.51. The first-order valence-corrected chi connectivity index (χ1v) is 8.08. The third-order valence-electron chi connectivity index (χ3n) is 4.36. The zero-order chi connectivity index (χ0) is 17.5. The number of halogens is 3. The second kappa shape index (κ2) is 8.55. The Morgan fingerprint density at radius 1 is 1.09 bits per heavy atom. The van der Waals surface area contributed by atoms with Gasteiger partial charge in [-0.25, -0.2) is 0 Å². The maximum Gasteiger partial charge on any atom is 0.392 e. The van der Waals surface area contributed by atoms with Crippen LogP contribution >= 0.6 is 0 Å². The highest BCUT2D eigenvalue weighted by Crippen LogP contribution is 2.28. The van der Waals surface area contributed by atoms with Crippen LogP contribution in [-0.4, -0.2) is 31.3 Å². The first-order chi connectivity index (χ1) is 10.7. The fourth-order valence-electron chi connectivity index (χ4n) is 2.43. The summed E-state index contributed by atoms with van der Waals surface area (Å²) in [6.45, 7) is 2.37. The number of hydrogen-bond donors (Lipinski definition) is 0. The van der Waals surface area contributed by atoms with Crippen molar-refractivity contribution in [2.24, 2.45) is 11.3 Å². The Hall–Kier alpha value is -1.27. The van der Waals surface area contributed by atoms with E-state index in [0.717, 1.165) is 32.1 Å². The van der Waals surface area contributed by atoms with Gasteiger partial charge in [-0.3, -0.25) is 9.59 Å². The summed E-state index contributed by atoms with van der Waals surface area (Å²) in [5.41, 5.74) is -1.12. The molecule has 0 aromatic carbocycles. The summed E-state index contributed by atoms with van der Waals surface area (Å²) in [5, 5.41) is 0. The summed E-state index contributed by atoms with van der Waals surface area (Å²) in [4.78, 5) is 24.0. The molecule has 7 heteroatoms. The van der Waals surface area contributed by atoms with Gasteiger partial charge in [0.05, 0.1) is 24.4 Å². The quantitative estimate of drug-likeness (QED) is 0.658. The highest BCUT2D eigenvalue weighted by molar-refractivity contribution is 5.77. The van der Waals surface area contributed by atoms with Crippen molar-refractivity contribution in [2.45, 2.75) is 65.0 Å². The third-order valence-corrected chi connectivity index (χ3v) is 4.36. The molecule has 0 saturated heterocycles. The number of carbonyl (C=O) groups excluding carboxylic acids is 2. The van der Waals surface area contributed by atoms with Gasteiger partial charge in [0.25, 0.3) is 0 Å². The summed E-state index contributed by atoms with van der Waals surface area (Å²) in [6.07, 6.45) is -0.557. The largest absolute Gasteiger partial charge is 0.465 e. The van der Waals surface area contributed by atoms with Gasteiger partial charge in [0.2, 0.25) is 0 Å². The van der Waals surface area contributed by atoms with Gasteiger partial charge < -0.3 is 9.47 Å². The van der Waals surface area contributed by atoms with E-state index in [-0.39, 0.29) is 18.5 Å². The molecule has 0 aliphatic heterocycles. The number of esters is 2. The van der Waals surface area contributed by atoms with Gasteiger partial charge in [0, 0.05) is 0 Å². The molecule has 1 unspecified atom stereocenters. The Morgan fingerprint density at radius 3 is 2.22 bits per heavy atom.